The van der Waals surface area contributed by atoms with E-state index in [0.717, 1.165) is 13.0 Å². The Morgan fingerprint density at radius 1 is 1.73 bits per heavy atom. The summed E-state index contributed by atoms with van der Waals surface area (Å²) in [5.74, 6) is 0.190. The second-order valence-corrected chi connectivity index (χ2v) is 2.36. The van der Waals surface area contributed by atoms with Gasteiger partial charge in [0.15, 0.2) is 0 Å². The van der Waals surface area contributed by atoms with Gasteiger partial charge in [-0.05, 0) is 13.5 Å². The van der Waals surface area contributed by atoms with E-state index in [1.807, 2.05) is 20.9 Å². The number of carbonyl (C=O) groups excluding carboxylic acids is 1. The van der Waals surface area contributed by atoms with Crippen LogP contribution in [0.1, 0.15) is 29.5 Å². The van der Waals surface area contributed by atoms with Crippen molar-refractivity contribution in [1.82, 2.24) is 10.6 Å². The summed E-state index contributed by atoms with van der Waals surface area (Å²) in [4.78, 5) is 10.6. The van der Waals surface area contributed by atoms with Crippen molar-refractivity contribution >= 4 is 5.91 Å². The van der Waals surface area contributed by atoms with E-state index in [2.05, 4.69) is 10.6 Å². The van der Waals surface area contributed by atoms with E-state index >= 15 is 0 Å². The van der Waals surface area contributed by atoms with Gasteiger partial charge in [0.25, 0.3) is 0 Å². The Morgan fingerprint density at radius 2 is 2.36 bits per heavy atom. The zero-order valence-corrected chi connectivity index (χ0v) is 7.61. The molecule has 1 amide bonds. The van der Waals surface area contributed by atoms with E-state index in [1.165, 1.54) is 0 Å². The maximum Gasteiger partial charge on any atom is 0.220 e. The lowest BCUT2D eigenvalue weighted by atomic mass is 10.2. The lowest BCUT2D eigenvalue weighted by Gasteiger charge is -2.06. The molecule has 0 aromatic carbocycles. The van der Waals surface area contributed by atoms with Crippen molar-refractivity contribution in [2.75, 3.05) is 13.6 Å². The molecule has 1 unspecified atom stereocenters. The van der Waals surface area contributed by atoms with Gasteiger partial charge < -0.3 is 10.6 Å². The summed E-state index contributed by atoms with van der Waals surface area (Å²) in [5.41, 5.74) is 0. The fourth-order valence-corrected chi connectivity index (χ4v) is 1.08. The Kier molecular flexibility index (Phi) is 5.84. The Balaban J connectivity index is -0.000000234. The van der Waals surface area contributed by atoms with Crippen molar-refractivity contribution in [2.24, 2.45) is 0 Å². The number of carbonyl (C=O) groups is 1. The van der Waals surface area contributed by atoms with E-state index in [1.54, 1.807) is 0 Å². The van der Waals surface area contributed by atoms with Crippen LogP contribution in [0.15, 0.2) is 0 Å². The topological polar surface area (TPSA) is 41.1 Å². The van der Waals surface area contributed by atoms with Gasteiger partial charge in [0, 0.05) is 21.9 Å². The molecular formula is C8H22N2O. The van der Waals surface area contributed by atoms with Gasteiger partial charge in [-0.2, -0.15) is 0 Å². The highest BCUT2D eigenvalue weighted by molar-refractivity contribution is 5.78. The van der Waals surface area contributed by atoms with Crippen LogP contribution in [0.25, 0.3) is 0 Å². The van der Waals surface area contributed by atoms with Crippen molar-refractivity contribution in [3.05, 3.63) is 0 Å². The van der Waals surface area contributed by atoms with Crippen molar-refractivity contribution in [2.45, 2.75) is 32.7 Å². The molecule has 1 heterocycles. The van der Waals surface area contributed by atoms with Crippen LogP contribution in [-0.2, 0) is 4.79 Å². The number of amides is 1. The van der Waals surface area contributed by atoms with E-state index < -0.39 is 0 Å². The second kappa shape index (κ2) is 6.16. The molecule has 0 radical (unpaired) electrons. The van der Waals surface area contributed by atoms with Crippen LogP contribution in [0.4, 0.5) is 0 Å². The highest BCUT2D eigenvalue weighted by Crippen LogP contribution is 2.04. The van der Waals surface area contributed by atoms with Crippen LogP contribution in [0.2, 0.25) is 0 Å². The van der Waals surface area contributed by atoms with Crippen LogP contribution < -0.4 is 10.6 Å². The van der Waals surface area contributed by atoms with Gasteiger partial charge in [-0.15, -0.1) is 0 Å². The third-order valence-electron chi connectivity index (χ3n) is 1.54. The molecule has 0 saturated carbocycles. The van der Waals surface area contributed by atoms with Gasteiger partial charge in [-0.3, -0.25) is 4.79 Å². The molecule has 2 N–H and O–H groups in total. The van der Waals surface area contributed by atoms with E-state index in [4.69, 9.17) is 0 Å². The molecule has 1 atom stereocenters. The zero-order chi connectivity index (χ0) is 8.69. The van der Waals surface area contributed by atoms with Crippen molar-refractivity contribution in [3.63, 3.8) is 0 Å². The summed E-state index contributed by atoms with van der Waals surface area (Å²) in [6.45, 7) is 4.89. The molecule has 3 heteroatoms. The van der Waals surface area contributed by atoms with Crippen LogP contribution >= 0.6 is 0 Å². The summed E-state index contributed by atoms with van der Waals surface area (Å²) < 4.78 is 0. The highest BCUT2D eigenvalue weighted by Gasteiger charge is 2.18. The molecule has 0 bridgehead atoms. The number of hydrogen-bond acceptors (Lipinski definition) is 2. The maximum absolute atomic E-state index is 10.6. The van der Waals surface area contributed by atoms with Gasteiger partial charge in [0.05, 0.1) is 0 Å². The average Bonchev–Trinajstić information content (AvgIpc) is 2.41. The second-order valence-electron chi connectivity index (χ2n) is 2.36. The molecule has 0 aromatic rings. The Morgan fingerprint density at radius 3 is 2.73 bits per heavy atom. The van der Waals surface area contributed by atoms with Crippen LogP contribution in [0, 0.1) is 0 Å². The zero-order valence-electron chi connectivity index (χ0n) is 7.61. The van der Waals surface area contributed by atoms with Gasteiger partial charge in [0.2, 0.25) is 5.91 Å². The summed E-state index contributed by atoms with van der Waals surface area (Å²) in [6.07, 6.45) is 1.69. The first-order valence-corrected chi connectivity index (χ1v) is 4.27. The van der Waals surface area contributed by atoms with E-state index in [-0.39, 0.29) is 8.76 Å². The van der Waals surface area contributed by atoms with Crippen LogP contribution in [0.3, 0.4) is 0 Å². The highest BCUT2D eigenvalue weighted by atomic mass is 16.1. The average molecular weight is 162 g/mol. The summed E-state index contributed by atoms with van der Waals surface area (Å²) >= 11 is 0. The first-order valence-electron chi connectivity index (χ1n) is 4.27. The largest absolute Gasteiger partial charge is 0.352 e. The lowest BCUT2D eigenvalue weighted by molar-refractivity contribution is -0.119. The third kappa shape index (κ3) is 3.98. The molecule has 1 saturated heterocycles. The minimum absolute atomic E-state index is 0. The number of rotatable bonds is 2. The van der Waals surface area contributed by atoms with Crippen molar-refractivity contribution in [1.29, 1.82) is 0 Å². The van der Waals surface area contributed by atoms with Gasteiger partial charge >= 0.3 is 0 Å². The molecular weight excluding hydrogens is 140 g/mol. The fraction of sp³-hybridized carbons (Fsp3) is 0.875. The normalized spacial score (nSPS) is 22.1. The predicted molar refractivity (Wildman–Crippen MR) is 50.7 cm³/mol. The molecule has 11 heavy (non-hydrogen) atoms. The van der Waals surface area contributed by atoms with Gasteiger partial charge in [-0.1, -0.05) is 13.8 Å². The van der Waals surface area contributed by atoms with Gasteiger partial charge in [0.1, 0.15) is 0 Å². The summed E-state index contributed by atoms with van der Waals surface area (Å²) in [6, 6.07) is 0.377. The number of nitrogens with one attached hydrogen (secondary N) is 2. The molecule has 0 aliphatic carbocycles. The molecule has 1 aliphatic heterocycles. The van der Waals surface area contributed by atoms with Crippen LogP contribution in [-0.4, -0.2) is 25.5 Å². The molecule has 1 fully saturated rings. The summed E-state index contributed by atoms with van der Waals surface area (Å²) in [5, 5.41) is 5.87. The molecule has 0 aromatic heterocycles. The maximum atomic E-state index is 10.6. The number of likely N-dealkylation sites (N-methyl/N-ethyl adjacent to an activating group) is 1. The predicted octanol–water partition coefficient (Wildman–Crippen LogP) is 1.00. The van der Waals surface area contributed by atoms with E-state index in [0.29, 0.717) is 12.5 Å². The van der Waals surface area contributed by atoms with Crippen LogP contribution in [0.5, 0.6) is 0 Å². The Labute approximate surface area is 71.5 Å². The first kappa shape index (κ1) is 10.4. The van der Waals surface area contributed by atoms with Crippen molar-refractivity contribution in [3.8, 4) is 0 Å². The number of hydrogen-bond donors (Lipinski definition) is 2. The smallest absolute Gasteiger partial charge is 0.220 e. The fourth-order valence-electron chi connectivity index (χ4n) is 1.08. The molecule has 3 nitrogen and oxygen atoms in total. The quantitative estimate of drug-likeness (QED) is 0.636. The van der Waals surface area contributed by atoms with Gasteiger partial charge in [-0.25, -0.2) is 0 Å². The monoisotopic (exact) mass is 162 g/mol. The Bertz CT molecular complexity index is 123. The van der Waals surface area contributed by atoms with E-state index in [9.17, 15) is 4.79 Å². The minimum atomic E-state index is 0. The lowest BCUT2D eigenvalue weighted by Crippen LogP contribution is -2.33. The minimum Gasteiger partial charge on any atom is -0.352 e. The third-order valence-corrected chi connectivity index (χ3v) is 1.54. The van der Waals surface area contributed by atoms with Crippen molar-refractivity contribution < 1.29 is 7.65 Å². The molecule has 1 aliphatic rings. The first-order chi connectivity index (χ1) is 5.33. The Hall–Kier alpha value is -0.570. The molecule has 0 spiro atoms. The molecule has 70 valence electrons. The molecule has 1 rings (SSSR count). The summed E-state index contributed by atoms with van der Waals surface area (Å²) in [7, 11) is 1.89. The SMILES string of the molecule is CC.CNCC1CCC(=O)N1.[HH].[HH]. The standard InChI is InChI=1S/C6H12N2O.C2H6.2H2/c1-7-4-5-2-3-6(9)8-5;1-2;;/h5,7H,2-4H2,1H3,(H,8,9);1-2H3;2*1H.